The van der Waals surface area contributed by atoms with E-state index in [0.717, 1.165) is 39.3 Å². The number of rotatable bonds is 6. The molecule has 0 fully saturated rings. The van der Waals surface area contributed by atoms with Crippen molar-refractivity contribution in [2.75, 3.05) is 0 Å². The smallest absolute Gasteiger partial charge is 0.0803 e. The third-order valence-electron chi connectivity index (χ3n) is 8.67. The van der Waals surface area contributed by atoms with Crippen LogP contribution in [0.2, 0.25) is 19.6 Å². The van der Waals surface area contributed by atoms with E-state index in [1.807, 2.05) is 80.7 Å². The molecule has 0 aliphatic rings. The van der Waals surface area contributed by atoms with Crippen LogP contribution >= 0.6 is 11.3 Å². The van der Waals surface area contributed by atoms with Crippen LogP contribution in [0.25, 0.3) is 53.8 Å². The number of fused-ring (bicyclic) bond motifs is 3. The van der Waals surface area contributed by atoms with Gasteiger partial charge in [0.2, 0.25) is 0 Å². The summed E-state index contributed by atoms with van der Waals surface area (Å²) in [5, 5.41) is 3.67. The van der Waals surface area contributed by atoms with E-state index in [2.05, 4.69) is 77.1 Å². The van der Waals surface area contributed by atoms with E-state index in [1.54, 1.807) is 41.8 Å². The number of aromatic nitrogens is 3. The van der Waals surface area contributed by atoms with E-state index in [9.17, 15) is 0 Å². The van der Waals surface area contributed by atoms with Gasteiger partial charge in [-0.2, -0.15) is 11.3 Å². The van der Waals surface area contributed by atoms with Crippen LogP contribution in [0.5, 0.6) is 0 Å². The molecule has 0 spiro atoms. The number of aryl methyl sites for hydroxylation is 3. The summed E-state index contributed by atoms with van der Waals surface area (Å²) in [4.78, 5) is 13.8. The molecule has 0 N–H and O–H groups in total. The summed E-state index contributed by atoms with van der Waals surface area (Å²) < 4.78 is 42.1. The van der Waals surface area contributed by atoms with Crippen molar-refractivity contribution < 1.29 is 27.0 Å². The van der Waals surface area contributed by atoms with Crippen molar-refractivity contribution in [2.45, 2.75) is 46.7 Å². The topological polar surface area (TPSA) is 38.7 Å². The average molecular weight is 893 g/mol. The molecular weight excluding hydrogens is 847 g/mol. The third kappa shape index (κ3) is 8.38. The van der Waals surface area contributed by atoms with Crippen molar-refractivity contribution in [3.05, 3.63) is 168 Å². The number of nitrogens with zero attached hydrogens (tertiary/aromatic N) is 3. The molecule has 6 heteroatoms. The van der Waals surface area contributed by atoms with Crippen LogP contribution in [-0.4, -0.2) is 23.0 Å². The first-order valence-electron chi connectivity index (χ1n) is 19.4. The number of hydrogen-bond donors (Lipinski definition) is 0. The van der Waals surface area contributed by atoms with E-state index in [4.69, 9.17) is 6.85 Å². The molecule has 0 saturated heterocycles. The molecule has 1 radical (unpaired) electrons. The number of benzene rings is 4. The second-order valence-electron chi connectivity index (χ2n) is 13.6. The molecule has 8 aromatic rings. The van der Waals surface area contributed by atoms with Gasteiger partial charge in [-0.15, -0.1) is 59.2 Å². The Morgan fingerprint density at radius 3 is 2.19 bits per heavy atom. The first kappa shape index (κ1) is 31.0. The zero-order valence-corrected chi connectivity index (χ0v) is 33.9. The molecule has 4 aromatic carbocycles. The number of pyridine rings is 3. The van der Waals surface area contributed by atoms with E-state index in [0.29, 0.717) is 16.7 Å². The maximum absolute atomic E-state index is 8.65. The molecule has 261 valence electrons. The normalized spacial score (nSPS) is 13.1. The van der Waals surface area contributed by atoms with Crippen molar-refractivity contribution in [2.24, 2.45) is 0 Å². The van der Waals surface area contributed by atoms with Crippen molar-refractivity contribution in [1.29, 1.82) is 0 Å². The van der Waals surface area contributed by atoms with Gasteiger partial charge in [-0.3, -0.25) is 4.98 Å². The zero-order valence-electron chi connectivity index (χ0n) is 34.7. The van der Waals surface area contributed by atoms with Crippen LogP contribution in [-0.2, 0) is 26.5 Å². The summed E-state index contributed by atoms with van der Waals surface area (Å²) in [5.74, 6) is 0. The second-order valence-corrected chi connectivity index (χ2v) is 19.7. The predicted molar refractivity (Wildman–Crippen MR) is 220 cm³/mol. The van der Waals surface area contributed by atoms with Gasteiger partial charge in [0.15, 0.2) is 0 Å². The molecule has 0 aliphatic carbocycles. The first-order chi connectivity index (χ1) is 26.6. The molecule has 0 aliphatic heterocycles. The molecule has 0 bridgehead atoms. The van der Waals surface area contributed by atoms with Gasteiger partial charge in [-0.05, 0) is 81.3 Å². The predicted octanol–water partition coefficient (Wildman–Crippen LogP) is 11.6. The summed E-state index contributed by atoms with van der Waals surface area (Å²) in [7, 11) is -1.57. The van der Waals surface area contributed by atoms with Crippen molar-refractivity contribution in [3.63, 3.8) is 0 Å². The molecule has 4 heterocycles. The Morgan fingerprint density at radius 1 is 0.750 bits per heavy atom. The van der Waals surface area contributed by atoms with Crippen LogP contribution in [0, 0.1) is 32.8 Å². The van der Waals surface area contributed by atoms with Crippen molar-refractivity contribution in [1.82, 2.24) is 15.0 Å². The second kappa shape index (κ2) is 16.0. The summed E-state index contributed by atoms with van der Waals surface area (Å²) >= 11 is 1.73. The van der Waals surface area contributed by atoms with Gasteiger partial charge in [0.25, 0.3) is 0 Å². The molecule has 8 rings (SSSR count). The van der Waals surface area contributed by atoms with Crippen molar-refractivity contribution >= 4 is 44.8 Å². The Morgan fingerprint density at radius 2 is 1.48 bits per heavy atom. The van der Waals surface area contributed by atoms with Gasteiger partial charge in [-0.25, -0.2) is 0 Å². The molecule has 0 atom stereocenters. The maximum atomic E-state index is 8.65. The van der Waals surface area contributed by atoms with Gasteiger partial charge >= 0.3 is 0 Å². The van der Waals surface area contributed by atoms with E-state index in [-0.39, 0.29) is 20.1 Å². The maximum Gasteiger partial charge on any atom is 0.0803 e. The van der Waals surface area contributed by atoms with Crippen LogP contribution in [0.1, 0.15) is 34.9 Å². The average Bonchev–Trinajstić information content (AvgIpc) is 3.56. The van der Waals surface area contributed by atoms with Crippen molar-refractivity contribution in [3.8, 4) is 33.6 Å². The molecule has 52 heavy (non-hydrogen) atoms. The molecule has 3 nitrogen and oxygen atoms in total. The molecule has 0 saturated carbocycles. The van der Waals surface area contributed by atoms with Gasteiger partial charge in [0.05, 0.1) is 13.8 Å². The summed E-state index contributed by atoms with van der Waals surface area (Å²) in [5.41, 5.74) is 9.12. The van der Waals surface area contributed by atoms with Crippen LogP contribution in [0.3, 0.4) is 0 Å². The van der Waals surface area contributed by atoms with E-state index < -0.39 is 21.3 Å². The Hall–Kier alpha value is -4.58. The monoisotopic (exact) mass is 893 g/mol. The fourth-order valence-corrected chi connectivity index (χ4v) is 8.73. The fourth-order valence-electron chi connectivity index (χ4n) is 6.16. The number of thiophene rings is 1. The minimum atomic E-state index is -2.11. The SMILES string of the molecule is [2H]C([2H])([2H])c1c[c-]c(-c2cc(-c3ccccc3)c([Si](C)(C)C)cn2)cc1.[2H]C([2H])(c1ccccc1)c1ccnc(-c2[c-]cc3sc4c(C)nc(C)cc4c3c2)c1.[Ir]. The summed E-state index contributed by atoms with van der Waals surface area (Å²) in [6.07, 6.45) is 2.06. The third-order valence-corrected chi connectivity index (χ3v) is 12.0. The van der Waals surface area contributed by atoms with Crippen LogP contribution in [0.15, 0.2) is 128 Å². The fraction of sp³-hybridized carbons (Fsp3) is 0.152. The Labute approximate surface area is 333 Å². The Kier molecular flexibility index (Phi) is 9.52. The van der Waals surface area contributed by atoms with E-state index in [1.165, 1.54) is 31.1 Å². The van der Waals surface area contributed by atoms with Gasteiger partial charge < -0.3 is 9.97 Å². The van der Waals surface area contributed by atoms with Crippen LogP contribution in [0.4, 0.5) is 0 Å². The van der Waals surface area contributed by atoms with Crippen LogP contribution < -0.4 is 5.19 Å². The Bertz CT molecular complexity index is 2660. The first-order valence-corrected chi connectivity index (χ1v) is 21.2. The molecule has 0 unspecified atom stereocenters. The minimum absolute atomic E-state index is 0. The zero-order chi connectivity index (χ0) is 39.8. The van der Waals surface area contributed by atoms with Gasteiger partial charge in [0, 0.05) is 49.7 Å². The molecule has 0 amide bonds. The standard InChI is InChI=1S/C25H19N2S.C21H22NSi.Ir/c1-16-12-22-21-15-20(8-9-24(21)28-25(22)17(2)27-16)23-14-19(10-11-26-23)13-18-6-4-3-5-7-18;1-16-10-12-18(13-11-16)20-14-19(17-8-6-5-7-9-17)21(15-22-20)23(2,3)4;/h3-7,9-12,14-15H,13H2,1-2H3;5-12,14-15H,1-4H3;/q2*-1;/i13D2;1D3;. The minimum Gasteiger partial charge on any atom is -0.305 e. The Balaban J connectivity index is 0.000000192. The number of hydrogen-bond acceptors (Lipinski definition) is 4. The molecular formula is C46H41IrN3SSi-2. The van der Waals surface area contributed by atoms with E-state index >= 15 is 0 Å². The van der Waals surface area contributed by atoms with Gasteiger partial charge in [0.1, 0.15) is 0 Å². The molecule has 4 aromatic heterocycles. The summed E-state index contributed by atoms with van der Waals surface area (Å²) in [6.45, 7) is 8.89. The largest absolute Gasteiger partial charge is 0.305 e. The summed E-state index contributed by atoms with van der Waals surface area (Å²) in [6, 6.07) is 42.9. The quantitative estimate of drug-likeness (QED) is 0.123. The van der Waals surface area contributed by atoms with Gasteiger partial charge in [-0.1, -0.05) is 105 Å².